The van der Waals surface area contributed by atoms with E-state index in [0.717, 1.165) is 31.7 Å². The van der Waals surface area contributed by atoms with Crippen LogP contribution in [0.25, 0.3) is 5.73 Å². The van der Waals surface area contributed by atoms with Crippen LogP contribution >= 0.6 is 0 Å². The van der Waals surface area contributed by atoms with Gasteiger partial charge in [0.1, 0.15) is 26.2 Å². The molecule has 0 bridgehead atoms. The molecule has 70 heavy (non-hydrogen) atoms. The molecule has 0 radical (unpaired) electrons. The monoisotopic (exact) mass is 1410 g/mol. The van der Waals surface area contributed by atoms with Gasteiger partial charge in [-0.25, -0.2) is 21.6 Å². The van der Waals surface area contributed by atoms with E-state index in [2.05, 4.69) is 16.4 Å². The van der Waals surface area contributed by atoms with Crippen molar-refractivity contribution < 1.29 is 188 Å². The number of nitrogens with one attached hydrogen (secondary N) is 4. The zero-order valence-corrected chi connectivity index (χ0v) is 56.8. The van der Waals surface area contributed by atoms with E-state index in [-0.39, 0.29) is 142 Å². The largest absolute Gasteiger partial charge is 5.00 e. The van der Waals surface area contributed by atoms with Crippen LogP contribution in [0.4, 0.5) is 0 Å². The minimum atomic E-state index is -2.53. The molecule has 0 aromatic heterocycles. The normalized spacial score (nSPS) is 11.7. The first-order chi connectivity index (χ1) is 31.7. The van der Waals surface area contributed by atoms with Gasteiger partial charge in [0, 0.05) is 149 Å². The molecule has 0 aromatic carbocycles. The Bertz CT molecular complexity index is 973. The molecule has 0 spiro atoms. The van der Waals surface area contributed by atoms with E-state index in [1.54, 1.807) is 85.3 Å². The molecule has 26 nitrogen and oxygen atoms in total. The molecular formula is C36H94N6Nb4O20Si4+20. The molecule has 0 saturated heterocycles. The molecule has 0 saturated carbocycles. The van der Waals surface area contributed by atoms with Gasteiger partial charge in [0.25, 0.3) is 0 Å². The van der Waals surface area contributed by atoms with Gasteiger partial charge in [-0.2, -0.15) is 11.2 Å². The van der Waals surface area contributed by atoms with Crippen LogP contribution in [0.2, 0.25) is 24.2 Å². The first kappa shape index (κ1) is 89.4. The number of quaternary nitrogens is 1. The van der Waals surface area contributed by atoms with Gasteiger partial charge in [0.05, 0.1) is 33.0 Å². The smallest absolute Gasteiger partial charge is 0.677 e. The molecule has 0 aliphatic rings. The van der Waals surface area contributed by atoms with E-state index in [4.69, 9.17) is 94.2 Å². The third kappa shape index (κ3) is 45.8. The molecule has 0 aliphatic carbocycles. The summed E-state index contributed by atoms with van der Waals surface area (Å²) in [6.45, 7) is 5.10. The summed E-state index contributed by atoms with van der Waals surface area (Å²) >= 11 is 0. The summed E-state index contributed by atoms with van der Waals surface area (Å²) < 4.78 is 62.4. The predicted octanol–water partition coefficient (Wildman–Crippen LogP) is -0.441. The Hall–Kier alpha value is 2.79. The summed E-state index contributed by atoms with van der Waals surface area (Å²) in [7, 11) is 9.22. The van der Waals surface area contributed by atoms with E-state index in [0.29, 0.717) is 70.6 Å². The third-order valence-electron chi connectivity index (χ3n) is 9.88. The van der Waals surface area contributed by atoms with E-state index in [9.17, 15) is 5.21 Å². The molecular weight excluding hydrogens is 1320 g/mol. The van der Waals surface area contributed by atoms with Crippen LogP contribution in [0.3, 0.4) is 0 Å². The van der Waals surface area contributed by atoms with Gasteiger partial charge in [0.15, 0.2) is 0 Å². The molecule has 0 amide bonds. The van der Waals surface area contributed by atoms with Crippen LogP contribution in [-0.2, 0) is 152 Å². The van der Waals surface area contributed by atoms with Crippen molar-refractivity contribution >= 4 is 35.2 Å². The van der Waals surface area contributed by atoms with Crippen molar-refractivity contribution in [2.24, 2.45) is 0 Å². The van der Waals surface area contributed by atoms with Gasteiger partial charge in [-0.3, -0.25) is 9.74 Å². The summed E-state index contributed by atoms with van der Waals surface area (Å²) in [4.78, 5) is 12.5. The number of hydrogen-bond acceptors (Lipinski definition) is 24. The van der Waals surface area contributed by atoms with Crippen molar-refractivity contribution in [1.82, 2.24) is 21.3 Å². The SMILES string of the molecule is CO[Si](CCCNO)(OC)OC.CO[Si](CCCNOCCN(CCO)CCO)(OC)OC.CO[Si](CCCNOCC[N+](O)(CCO)CCO)(OC)OC.CO[Si](CCC[NH-])(OC)OC.[Nb+5].[Nb+5].[Nb+5].[Nb+5]. The summed E-state index contributed by atoms with van der Waals surface area (Å²) in [5, 5.41) is 54.0. The molecule has 10 N–H and O–H groups in total. The average molecular weight is 1420 g/mol. The Balaban J connectivity index is -0.000000124. The van der Waals surface area contributed by atoms with Gasteiger partial charge >= 0.3 is 125 Å². The maximum absolute atomic E-state index is 10.1. The topological polar surface area (TPSA) is 314 Å². The molecule has 0 rings (SSSR count). The maximum Gasteiger partial charge on any atom is 5.00 e. The zero-order valence-electron chi connectivity index (χ0n) is 44.1. The van der Waals surface area contributed by atoms with Crippen LogP contribution in [0.5, 0.6) is 0 Å². The Morgan fingerprint density at radius 3 is 1.00 bits per heavy atom. The second-order valence-corrected chi connectivity index (χ2v) is 26.1. The number of aliphatic hydroxyl groups is 4. The van der Waals surface area contributed by atoms with Crippen molar-refractivity contribution in [3.8, 4) is 0 Å². The Morgan fingerprint density at radius 2 is 0.729 bits per heavy atom. The predicted molar refractivity (Wildman–Crippen MR) is 253 cm³/mol. The Kier molecular flexibility index (Phi) is 77.9. The average Bonchev–Trinajstić information content (AvgIpc) is 3.34. The van der Waals surface area contributed by atoms with Gasteiger partial charge in [-0.15, -0.1) is 0 Å². The van der Waals surface area contributed by atoms with E-state index < -0.39 is 39.9 Å². The quantitative estimate of drug-likeness (QED) is 0.0162. The van der Waals surface area contributed by atoms with Gasteiger partial charge in [-0.05, 0) is 19.3 Å². The minimum Gasteiger partial charge on any atom is -0.677 e. The Morgan fingerprint density at radius 1 is 0.429 bits per heavy atom. The molecule has 0 aromatic rings. The second kappa shape index (κ2) is 61.0. The molecule has 0 heterocycles. The van der Waals surface area contributed by atoms with Crippen molar-refractivity contribution in [3.63, 3.8) is 0 Å². The number of hydroxylamine groups is 6. The summed E-state index contributed by atoms with van der Waals surface area (Å²) in [6.07, 6.45) is 3.10. The van der Waals surface area contributed by atoms with Crippen LogP contribution in [0.1, 0.15) is 25.7 Å². The summed E-state index contributed by atoms with van der Waals surface area (Å²) in [5.74, 6) is 0. The first-order valence-electron chi connectivity index (χ1n) is 21.7. The number of nitrogens with zero attached hydrogens (tertiary/aromatic N) is 2. The molecule has 0 unspecified atom stereocenters. The number of hydrogen-bond donors (Lipinski definition) is 9. The second-order valence-electron chi connectivity index (χ2n) is 13.7. The van der Waals surface area contributed by atoms with Crippen molar-refractivity contribution in [2.45, 2.75) is 49.9 Å². The van der Waals surface area contributed by atoms with Crippen molar-refractivity contribution in [1.29, 1.82) is 0 Å². The van der Waals surface area contributed by atoms with Crippen LogP contribution in [0.15, 0.2) is 0 Å². The van der Waals surface area contributed by atoms with Crippen LogP contribution in [0, 0.1) is 0 Å². The fraction of sp³-hybridized carbons (Fsp3) is 1.00. The van der Waals surface area contributed by atoms with Crippen molar-refractivity contribution in [2.75, 3.05) is 190 Å². The summed E-state index contributed by atoms with van der Waals surface area (Å²) in [5.41, 5.74) is 14.7. The first-order valence-corrected chi connectivity index (χ1v) is 29.5. The van der Waals surface area contributed by atoms with E-state index in [1.165, 1.54) is 0 Å². The van der Waals surface area contributed by atoms with Gasteiger partial charge < -0.3 is 89.3 Å². The zero-order chi connectivity index (χ0) is 51.1. The van der Waals surface area contributed by atoms with E-state index >= 15 is 0 Å². The number of rotatable bonds is 43. The van der Waals surface area contributed by atoms with Crippen LogP contribution < -0.4 is 16.4 Å². The van der Waals surface area contributed by atoms with Gasteiger partial charge in [0.2, 0.25) is 0 Å². The minimum absolute atomic E-state index is 0. The fourth-order valence-electron chi connectivity index (χ4n) is 5.67. The van der Waals surface area contributed by atoms with E-state index in [1.807, 2.05) is 4.90 Å². The third-order valence-corrected chi connectivity index (χ3v) is 21.2. The molecule has 0 aliphatic heterocycles. The molecule has 34 heteroatoms. The standard InChI is InChI=1S/C12H31N2O7Si.C12H30N2O6Si.C6H17NO4Si.C6H16NO3Si.4Nb/c1-18-22(19-2,20-3)12-4-5-13-21-11-8-14(17,6-9-15)7-10-16;1-17-21(18-2,19-3)12-4-5-13-20-11-8-14(6-9-15)7-10-16;1-9-12(10-2,11-3)6-4-5-7-8;1-8-11(9-2,10-3)6-4-5-7;;;;/h13,15-17H,4-12H2,1-3H3;13,15-16H,4-12H2,1-3H3;7-8H,4-6H2,1-3H3;7H,4-6H2,1-3H3;;;;/q+1;;;-1;4*+5. The van der Waals surface area contributed by atoms with Gasteiger partial charge in [-0.1, -0.05) is 6.42 Å². The summed E-state index contributed by atoms with van der Waals surface area (Å²) in [6, 6.07) is 2.81. The van der Waals surface area contributed by atoms with Crippen LogP contribution in [-0.4, -0.2) is 266 Å². The van der Waals surface area contributed by atoms with Crippen molar-refractivity contribution in [3.05, 3.63) is 5.73 Å². The Labute approximate surface area is 486 Å². The maximum atomic E-state index is 10.1. The fourth-order valence-corrected chi connectivity index (χ4v) is 12.6. The molecule has 0 atom stereocenters. The number of aliphatic hydroxyl groups excluding tert-OH is 4. The molecule has 404 valence electrons. The molecule has 0 fully saturated rings.